The molecule has 1 unspecified atom stereocenters. The number of anilines is 2. The molecule has 3 amide bonds. The lowest BCUT2D eigenvalue weighted by atomic mass is 9.88. The van der Waals surface area contributed by atoms with Crippen LogP contribution < -0.4 is 52.4 Å². The number of unbranched alkanes of at least 4 members (excludes halogenated alkanes) is 15. The first kappa shape index (κ1) is 77.7. The molecule has 21 nitrogen and oxygen atoms in total. The Kier molecular flexibility index (Phi) is 36.5. The van der Waals surface area contributed by atoms with Crippen LogP contribution in [0.2, 0.25) is 0 Å². The molecule has 3 aromatic heterocycles. The van der Waals surface area contributed by atoms with Gasteiger partial charge in [-0.2, -0.15) is 0 Å². The minimum Gasteiger partial charge on any atom is -0.497 e. The van der Waals surface area contributed by atoms with Gasteiger partial charge < -0.3 is 57.5 Å². The molecule has 0 bridgehead atoms. The molecule has 1 aliphatic heterocycles. The first-order chi connectivity index (χ1) is 46.2. The van der Waals surface area contributed by atoms with E-state index in [9.17, 15) is 19.5 Å². The molecule has 2 aliphatic rings. The van der Waals surface area contributed by atoms with Crippen molar-refractivity contribution in [3.05, 3.63) is 83.4 Å². The normalized spacial score (nSPS) is 14.3. The topological polar surface area (TPSA) is 287 Å². The molecule has 21 heteroatoms. The number of piperidine rings is 1. The number of nitrogens with zero attached hydrogens (tertiary/aromatic N) is 8. The smallest absolute Gasteiger partial charge is 0.303 e. The van der Waals surface area contributed by atoms with Gasteiger partial charge in [-0.3, -0.25) is 28.8 Å². The third-order valence-corrected chi connectivity index (χ3v) is 19.0. The van der Waals surface area contributed by atoms with Crippen LogP contribution in [0.25, 0.3) is 0 Å². The summed E-state index contributed by atoms with van der Waals surface area (Å²) < 4.78 is 13.9. The first-order valence-corrected chi connectivity index (χ1v) is 36.7. The van der Waals surface area contributed by atoms with E-state index in [1.54, 1.807) is 13.3 Å². The molecule has 1 saturated carbocycles. The van der Waals surface area contributed by atoms with Crippen molar-refractivity contribution >= 4 is 35.2 Å². The van der Waals surface area contributed by atoms with Gasteiger partial charge in [0, 0.05) is 75.9 Å². The molecule has 2 atom stereocenters. The highest BCUT2D eigenvalue weighted by Crippen LogP contribution is 2.45. The third kappa shape index (κ3) is 30.4. The second-order valence-corrected chi connectivity index (χ2v) is 27.7. The summed E-state index contributed by atoms with van der Waals surface area (Å²) in [7, 11) is 1.65. The van der Waals surface area contributed by atoms with Crippen LogP contribution in [0.15, 0.2) is 60.9 Å². The van der Waals surface area contributed by atoms with E-state index in [0.29, 0.717) is 100 Å². The second-order valence-electron chi connectivity index (χ2n) is 27.7. The number of aryl methyl sites for hydroxylation is 3. The zero-order chi connectivity index (χ0) is 67.9. The summed E-state index contributed by atoms with van der Waals surface area (Å²) in [6.07, 6.45) is 33.8. The number of aliphatic carboxylic acids is 1. The van der Waals surface area contributed by atoms with Gasteiger partial charge in [0.25, 0.3) is 5.91 Å². The number of carbonyl (C=O) groups is 4. The summed E-state index contributed by atoms with van der Waals surface area (Å²) in [6, 6.07) is 15.2. The predicted octanol–water partition coefficient (Wildman–Crippen LogP) is 10.9. The molecule has 530 valence electrons. The summed E-state index contributed by atoms with van der Waals surface area (Å²) in [5, 5.41) is 28.0. The lowest BCUT2D eigenvalue weighted by Crippen LogP contribution is -2.46. The average Bonchev–Trinajstić information content (AvgIpc) is 1.58. The molecule has 1 aromatic carbocycles. The maximum absolute atomic E-state index is 15.1. The van der Waals surface area contributed by atoms with Gasteiger partial charge in [-0.1, -0.05) is 115 Å². The number of hydrogen-bond donors (Lipinski definition) is 7. The predicted molar refractivity (Wildman–Crippen MR) is 381 cm³/mol. The van der Waals surface area contributed by atoms with Gasteiger partial charge in [0.15, 0.2) is 0 Å². The minimum absolute atomic E-state index is 0.0163. The monoisotopic (exact) mass is 1320 g/mol. The minimum atomic E-state index is -0.781. The SMILES string of the molecule is COc1ccc(C(=O)N(CC(C)(C)CCn2cc(CCCCCCCCCCCCCCCCCC(=O)NCCNC(=O)C(CCCCN(CCCN)CCCN)NCCCN)nn2)c2cccc(C)n2)c(N2CCC(COc3cc([C@@H](CC(=O)O)C4CC4)ccn3)CC2)c1. The maximum atomic E-state index is 15.1. The zero-order valence-corrected chi connectivity index (χ0v) is 58.7. The molecule has 0 spiro atoms. The van der Waals surface area contributed by atoms with Gasteiger partial charge in [0.2, 0.25) is 17.7 Å². The Labute approximate surface area is 569 Å². The standard InChI is InChI=1S/C74H122N14O7/c1-58-26-22-29-68(82-58)88(73(93)64-34-33-63(94-4)53-67(64)86-49-36-59(37-50-86)56-95-70-52-61(35-43-80-70)65(54-71(90)91)60-31-32-60)57-74(2,3)38-51-87-55-62(83-84-87)27-18-16-14-12-10-8-6-5-7-9-11-13-15-17-19-30-69(89)79-44-45-81-72(92)66(78-42-23-39-75)28-20-21-46-85(47-24-40-76)48-25-41-77/h22,26,29,33-35,43,52-53,55,59-60,65-66,78H,5-21,23-25,27-28,30-32,36-42,44-51,54,56-57,75-77H2,1-4H3,(H,79,89)(H,81,92)(H,90,91)/t65-,66?/m0/s1. The number of rotatable bonds is 53. The molecule has 1 aliphatic carbocycles. The Morgan fingerprint density at radius 2 is 1.40 bits per heavy atom. The molecule has 95 heavy (non-hydrogen) atoms. The number of benzene rings is 1. The highest BCUT2D eigenvalue weighted by Gasteiger charge is 2.35. The van der Waals surface area contributed by atoms with Gasteiger partial charge in [-0.25, -0.2) is 9.97 Å². The van der Waals surface area contributed by atoms with Gasteiger partial charge >= 0.3 is 5.97 Å². The first-order valence-electron chi connectivity index (χ1n) is 36.7. The fraction of sp³-hybridized carbons (Fsp3) is 0.703. The number of nitrogens with one attached hydrogen (secondary N) is 3. The van der Waals surface area contributed by atoms with Crippen LogP contribution in [0.1, 0.15) is 227 Å². The van der Waals surface area contributed by atoms with Crippen LogP contribution in [0.4, 0.5) is 11.5 Å². The average molecular weight is 1320 g/mol. The molecule has 1 saturated heterocycles. The second kappa shape index (κ2) is 44.5. The van der Waals surface area contributed by atoms with Crippen molar-refractivity contribution in [2.75, 3.05) is 102 Å². The number of methoxy groups -OCH3 is 1. The van der Waals surface area contributed by atoms with Crippen LogP contribution in [-0.2, 0) is 27.3 Å². The number of pyridine rings is 2. The van der Waals surface area contributed by atoms with E-state index in [1.165, 1.54) is 77.0 Å². The lowest BCUT2D eigenvalue weighted by molar-refractivity contribution is -0.137. The van der Waals surface area contributed by atoms with Gasteiger partial charge in [-0.15, -0.1) is 5.10 Å². The van der Waals surface area contributed by atoms with Gasteiger partial charge in [0.05, 0.1) is 43.1 Å². The number of carbonyl (C=O) groups excluding carboxylic acids is 3. The Hall–Kier alpha value is -6.26. The van der Waals surface area contributed by atoms with Crippen molar-refractivity contribution in [1.82, 2.24) is 45.8 Å². The summed E-state index contributed by atoms with van der Waals surface area (Å²) in [5.41, 5.74) is 21.2. The lowest BCUT2D eigenvalue weighted by Gasteiger charge is -2.36. The third-order valence-electron chi connectivity index (χ3n) is 19.0. The quantitative estimate of drug-likeness (QED) is 0.0202. The Morgan fingerprint density at radius 3 is 2.04 bits per heavy atom. The van der Waals surface area contributed by atoms with Crippen molar-refractivity contribution in [1.29, 1.82) is 0 Å². The molecule has 4 heterocycles. The maximum Gasteiger partial charge on any atom is 0.303 e. The molecular formula is C74H122N14O7. The van der Waals surface area contributed by atoms with Crippen LogP contribution in [0.3, 0.4) is 0 Å². The van der Waals surface area contributed by atoms with E-state index in [2.05, 4.69) is 61.1 Å². The van der Waals surface area contributed by atoms with Crippen molar-refractivity contribution in [3.63, 3.8) is 0 Å². The summed E-state index contributed by atoms with van der Waals surface area (Å²) in [6.45, 7) is 15.9. The van der Waals surface area contributed by atoms with Crippen LogP contribution in [0, 0.1) is 24.2 Å². The Balaban J connectivity index is 0.796. The Bertz CT molecular complexity index is 2800. The summed E-state index contributed by atoms with van der Waals surface area (Å²) in [5.74, 6) is 1.68. The fourth-order valence-corrected chi connectivity index (χ4v) is 13.0. The summed E-state index contributed by atoms with van der Waals surface area (Å²) in [4.78, 5) is 68.2. The van der Waals surface area contributed by atoms with E-state index in [4.69, 9.17) is 31.7 Å². The van der Waals surface area contributed by atoms with Crippen molar-refractivity contribution in [2.24, 2.45) is 34.5 Å². The van der Waals surface area contributed by atoms with Crippen LogP contribution in [0.5, 0.6) is 11.6 Å². The molecule has 6 rings (SSSR count). The van der Waals surface area contributed by atoms with Crippen molar-refractivity contribution in [2.45, 2.75) is 225 Å². The van der Waals surface area contributed by atoms with Crippen molar-refractivity contribution in [3.8, 4) is 11.6 Å². The largest absolute Gasteiger partial charge is 0.497 e. The Morgan fingerprint density at radius 1 is 0.747 bits per heavy atom. The molecule has 0 radical (unpaired) electrons. The van der Waals surface area contributed by atoms with Crippen molar-refractivity contribution < 1.29 is 33.8 Å². The highest BCUT2D eigenvalue weighted by atomic mass is 16.5. The molecular weight excluding hydrogens is 1200 g/mol. The van der Waals surface area contributed by atoms with Crippen LogP contribution >= 0.6 is 0 Å². The number of ether oxygens (including phenoxy) is 2. The van der Waals surface area contributed by atoms with Crippen LogP contribution in [-0.4, -0.2) is 157 Å². The molecule has 2 fully saturated rings. The highest BCUT2D eigenvalue weighted by molar-refractivity contribution is 6.09. The number of amides is 3. The summed E-state index contributed by atoms with van der Waals surface area (Å²) >= 11 is 0. The fourth-order valence-electron chi connectivity index (χ4n) is 13.0. The van der Waals surface area contributed by atoms with Gasteiger partial charge in [-0.05, 0) is 195 Å². The number of carboxylic acids is 1. The number of carboxylic acid groups (broad SMARTS) is 1. The van der Waals surface area contributed by atoms with E-state index in [0.717, 1.165) is 152 Å². The van der Waals surface area contributed by atoms with Gasteiger partial charge in [0.1, 0.15) is 11.6 Å². The number of hydrogen-bond acceptors (Lipinski definition) is 16. The molecule has 4 aromatic rings. The zero-order valence-electron chi connectivity index (χ0n) is 58.7. The van der Waals surface area contributed by atoms with E-state index in [1.807, 2.05) is 65.0 Å². The van der Waals surface area contributed by atoms with E-state index in [-0.39, 0.29) is 41.5 Å². The number of aromatic nitrogens is 5. The molecule has 10 N–H and O–H groups in total. The number of nitrogens with two attached hydrogens (primary N) is 3. The van der Waals surface area contributed by atoms with E-state index >= 15 is 4.79 Å². The van der Waals surface area contributed by atoms with E-state index < -0.39 is 5.97 Å².